The molecule has 0 atom stereocenters. The largest absolute Gasteiger partial charge is 0.504 e. The van der Waals surface area contributed by atoms with E-state index in [1.165, 1.54) is 0 Å². The quantitative estimate of drug-likeness (QED) is 0.671. The van der Waals surface area contributed by atoms with Crippen molar-refractivity contribution in [1.29, 1.82) is 0 Å². The molecule has 0 aliphatic rings. The second-order valence-electron chi connectivity index (χ2n) is 2.46. The fourth-order valence-corrected chi connectivity index (χ4v) is 0.869. The third-order valence-corrected chi connectivity index (χ3v) is 1.43. The second-order valence-corrected chi connectivity index (χ2v) is 2.46. The van der Waals surface area contributed by atoms with Crippen molar-refractivity contribution in [2.75, 3.05) is 6.61 Å². The molecule has 1 N–H and O–H groups in total. The maximum atomic E-state index is 9.32. The van der Waals surface area contributed by atoms with Crippen LogP contribution in [-0.4, -0.2) is 11.7 Å². The van der Waals surface area contributed by atoms with Gasteiger partial charge in [-0.05, 0) is 24.6 Å². The smallest absolute Gasteiger partial charge is 0.162 e. The molecule has 2 nitrogen and oxygen atoms in total. The van der Waals surface area contributed by atoms with Gasteiger partial charge in [0.05, 0.1) is 0 Å². The van der Waals surface area contributed by atoms with Crippen molar-refractivity contribution in [3.8, 4) is 23.8 Å². The maximum Gasteiger partial charge on any atom is 0.162 e. The van der Waals surface area contributed by atoms with Crippen LogP contribution in [0, 0.1) is 19.3 Å². The number of hydrogen-bond acceptors (Lipinski definition) is 2. The van der Waals surface area contributed by atoms with Crippen LogP contribution >= 0.6 is 0 Å². The van der Waals surface area contributed by atoms with Gasteiger partial charge in [-0.3, -0.25) is 0 Å². The average molecular weight is 162 g/mol. The zero-order valence-corrected chi connectivity index (χ0v) is 6.87. The standard InChI is InChI=1S/C10H10O2/c1-3-6-12-10-5-4-8(2)7-9(10)11/h1,4-5,7,11H,6H2,2H3. The zero-order chi connectivity index (χ0) is 8.97. The van der Waals surface area contributed by atoms with Crippen molar-refractivity contribution in [3.05, 3.63) is 23.8 Å². The summed E-state index contributed by atoms with van der Waals surface area (Å²) in [6.07, 6.45) is 5.00. The van der Waals surface area contributed by atoms with Gasteiger partial charge in [0, 0.05) is 0 Å². The van der Waals surface area contributed by atoms with Crippen molar-refractivity contribution in [2.45, 2.75) is 6.92 Å². The second kappa shape index (κ2) is 3.68. The van der Waals surface area contributed by atoms with Crippen LogP contribution in [0.5, 0.6) is 11.5 Å². The third kappa shape index (κ3) is 1.93. The summed E-state index contributed by atoms with van der Waals surface area (Å²) in [6.45, 7) is 2.07. The summed E-state index contributed by atoms with van der Waals surface area (Å²) in [5, 5.41) is 9.32. The number of hydrogen-bond donors (Lipinski definition) is 1. The summed E-state index contributed by atoms with van der Waals surface area (Å²) in [4.78, 5) is 0. The van der Waals surface area contributed by atoms with E-state index in [1.807, 2.05) is 13.0 Å². The topological polar surface area (TPSA) is 29.5 Å². The Balaban J connectivity index is 2.81. The van der Waals surface area contributed by atoms with E-state index in [2.05, 4.69) is 5.92 Å². The molecule has 0 saturated carbocycles. The van der Waals surface area contributed by atoms with Crippen molar-refractivity contribution >= 4 is 0 Å². The molecule has 0 heterocycles. The predicted octanol–water partition coefficient (Wildman–Crippen LogP) is 1.71. The number of ether oxygens (including phenoxy) is 1. The van der Waals surface area contributed by atoms with Crippen LogP contribution in [0.2, 0.25) is 0 Å². The molecule has 0 spiro atoms. The lowest BCUT2D eigenvalue weighted by Gasteiger charge is -2.04. The highest BCUT2D eigenvalue weighted by Gasteiger charge is 1.99. The van der Waals surface area contributed by atoms with Gasteiger partial charge in [-0.15, -0.1) is 6.42 Å². The summed E-state index contributed by atoms with van der Waals surface area (Å²) >= 11 is 0. The molecule has 0 aromatic heterocycles. The highest BCUT2D eigenvalue weighted by atomic mass is 16.5. The van der Waals surface area contributed by atoms with E-state index in [0.29, 0.717) is 5.75 Å². The van der Waals surface area contributed by atoms with E-state index in [9.17, 15) is 5.11 Å². The van der Waals surface area contributed by atoms with Crippen LogP contribution in [0.3, 0.4) is 0 Å². The fourth-order valence-electron chi connectivity index (χ4n) is 0.869. The molecule has 1 aromatic rings. The Morgan fingerprint density at radius 3 is 2.92 bits per heavy atom. The number of terminal acetylenes is 1. The van der Waals surface area contributed by atoms with Gasteiger partial charge in [-0.25, -0.2) is 0 Å². The van der Waals surface area contributed by atoms with Gasteiger partial charge in [0.1, 0.15) is 6.61 Å². The molecule has 1 aromatic carbocycles. The van der Waals surface area contributed by atoms with E-state index >= 15 is 0 Å². The lowest BCUT2D eigenvalue weighted by molar-refractivity contribution is 0.341. The summed E-state index contributed by atoms with van der Waals surface area (Å²) < 4.78 is 5.05. The van der Waals surface area contributed by atoms with Gasteiger partial charge in [0.15, 0.2) is 11.5 Å². The SMILES string of the molecule is C#CCOc1ccc(C)cc1O. The lowest BCUT2D eigenvalue weighted by atomic mass is 10.2. The van der Waals surface area contributed by atoms with Crippen LogP contribution in [-0.2, 0) is 0 Å². The number of aryl methyl sites for hydroxylation is 1. The minimum absolute atomic E-state index is 0.130. The normalized spacial score (nSPS) is 9.00. The molecular weight excluding hydrogens is 152 g/mol. The van der Waals surface area contributed by atoms with Gasteiger partial charge >= 0.3 is 0 Å². The first-order chi connectivity index (χ1) is 5.74. The van der Waals surface area contributed by atoms with Crippen molar-refractivity contribution in [3.63, 3.8) is 0 Å². The molecular formula is C10H10O2. The van der Waals surface area contributed by atoms with Crippen LogP contribution in [0.25, 0.3) is 0 Å². The molecule has 0 unspecified atom stereocenters. The Bertz CT molecular complexity index is 310. The molecule has 0 aliphatic carbocycles. The predicted molar refractivity (Wildman–Crippen MR) is 47.2 cm³/mol. The Labute approximate surface area is 71.8 Å². The van der Waals surface area contributed by atoms with Crippen molar-refractivity contribution in [2.24, 2.45) is 0 Å². The number of phenols is 1. The highest BCUT2D eigenvalue weighted by Crippen LogP contribution is 2.25. The Morgan fingerprint density at radius 2 is 2.33 bits per heavy atom. The van der Waals surface area contributed by atoms with Crippen LogP contribution < -0.4 is 4.74 Å². The van der Waals surface area contributed by atoms with Gasteiger partial charge < -0.3 is 9.84 Å². The van der Waals surface area contributed by atoms with Crippen molar-refractivity contribution < 1.29 is 9.84 Å². The van der Waals surface area contributed by atoms with E-state index in [1.54, 1.807) is 12.1 Å². The molecule has 62 valence electrons. The Hall–Kier alpha value is -1.62. The fraction of sp³-hybridized carbons (Fsp3) is 0.200. The molecule has 1 rings (SSSR count). The summed E-state index contributed by atoms with van der Waals surface area (Å²) in [5.74, 6) is 2.88. The Kier molecular flexibility index (Phi) is 2.60. The van der Waals surface area contributed by atoms with Crippen LogP contribution in [0.1, 0.15) is 5.56 Å². The molecule has 0 fully saturated rings. The first-order valence-corrected chi connectivity index (χ1v) is 3.60. The monoisotopic (exact) mass is 162 g/mol. The van der Waals surface area contributed by atoms with Crippen LogP contribution in [0.15, 0.2) is 18.2 Å². The van der Waals surface area contributed by atoms with Gasteiger partial charge in [0.25, 0.3) is 0 Å². The average Bonchev–Trinajstić information content (AvgIpc) is 2.03. The van der Waals surface area contributed by atoms with E-state index in [0.717, 1.165) is 5.56 Å². The maximum absolute atomic E-state index is 9.32. The molecule has 2 heteroatoms. The Morgan fingerprint density at radius 1 is 1.58 bits per heavy atom. The van der Waals surface area contributed by atoms with Gasteiger partial charge in [-0.2, -0.15) is 0 Å². The van der Waals surface area contributed by atoms with Crippen LogP contribution in [0.4, 0.5) is 0 Å². The minimum Gasteiger partial charge on any atom is -0.504 e. The first kappa shape index (κ1) is 8.48. The molecule has 12 heavy (non-hydrogen) atoms. The molecule has 0 amide bonds. The third-order valence-electron chi connectivity index (χ3n) is 1.43. The molecule has 0 saturated heterocycles. The van der Waals surface area contributed by atoms with E-state index in [-0.39, 0.29) is 12.4 Å². The highest BCUT2D eigenvalue weighted by molar-refractivity contribution is 5.41. The summed E-state index contributed by atoms with van der Waals surface area (Å²) in [7, 11) is 0. The summed E-state index contributed by atoms with van der Waals surface area (Å²) in [5.41, 5.74) is 0.987. The number of aromatic hydroxyl groups is 1. The molecule has 0 aliphatic heterocycles. The molecule has 0 radical (unpaired) electrons. The zero-order valence-electron chi connectivity index (χ0n) is 6.87. The lowest BCUT2D eigenvalue weighted by Crippen LogP contribution is -1.93. The summed E-state index contributed by atoms with van der Waals surface area (Å²) in [6, 6.07) is 5.18. The van der Waals surface area contributed by atoms with E-state index < -0.39 is 0 Å². The molecule has 0 bridgehead atoms. The first-order valence-electron chi connectivity index (χ1n) is 3.60. The van der Waals surface area contributed by atoms with Crippen molar-refractivity contribution in [1.82, 2.24) is 0 Å². The minimum atomic E-state index is 0.130. The van der Waals surface area contributed by atoms with E-state index in [4.69, 9.17) is 11.2 Å². The number of rotatable bonds is 2. The number of benzene rings is 1. The van der Waals surface area contributed by atoms with Gasteiger partial charge in [-0.1, -0.05) is 12.0 Å². The number of phenolic OH excluding ortho intramolecular Hbond substituents is 1. The van der Waals surface area contributed by atoms with Gasteiger partial charge in [0.2, 0.25) is 0 Å².